The fourth-order valence-electron chi connectivity index (χ4n) is 2.19. The van der Waals surface area contributed by atoms with Crippen molar-refractivity contribution in [2.75, 3.05) is 11.5 Å². The van der Waals surface area contributed by atoms with Crippen molar-refractivity contribution in [2.45, 2.75) is 70.6 Å². The van der Waals surface area contributed by atoms with E-state index in [1.807, 2.05) is 13.8 Å². The van der Waals surface area contributed by atoms with Crippen LogP contribution in [-0.4, -0.2) is 34.3 Å². The van der Waals surface area contributed by atoms with Crippen molar-refractivity contribution in [2.24, 2.45) is 0 Å². The van der Waals surface area contributed by atoms with Gasteiger partial charge >= 0.3 is 0 Å². The number of hydrogen-bond acceptors (Lipinski definition) is 3. The van der Waals surface area contributed by atoms with E-state index in [2.05, 4.69) is 24.0 Å². The van der Waals surface area contributed by atoms with Crippen molar-refractivity contribution in [1.82, 2.24) is 5.32 Å². The minimum Gasteiger partial charge on any atom is -0.390 e. The van der Waals surface area contributed by atoms with Gasteiger partial charge in [0.05, 0.1) is 5.60 Å². The van der Waals surface area contributed by atoms with E-state index in [0.29, 0.717) is 6.04 Å². The van der Waals surface area contributed by atoms with E-state index in [4.69, 9.17) is 0 Å². The summed E-state index contributed by atoms with van der Waals surface area (Å²) < 4.78 is 0. The smallest absolute Gasteiger partial charge is 0.0591 e. The van der Waals surface area contributed by atoms with Gasteiger partial charge in [0.15, 0.2) is 0 Å². The molecule has 1 rings (SSSR count). The lowest BCUT2D eigenvalue weighted by Gasteiger charge is -2.27. The lowest BCUT2D eigenvalue weighted by Crippen LogP contribution is -2.39. The predicted octanol–water partition coefficient (Wildman–Crippen LogP) is 2.80. The van der Waals surface area contributed by atoms with Gasteiger partial charge in [-0.25, -0.2) is 0 Å². The molecule has 0 unspecified atom stereocenters. The molecule has 0 aromatic heterocycles. The first kappa shape index (κ1) is 14.3. The molecule has 0 amide bonds. The molecule has 0 aromatic carbocycles. The lowest BCUT2D eigenvalue weighted by molar-refractivity contribution is 0.0674. The minimum atomic E-state index is -0.499. The summed E-state index contributed by atoms with van der Waals surface area (Å²) in [6, 6.07) is 1.33. The Hall–Kier alpha value is 0.270. The third-order valence-corrected chi connectivity index (χ3v) is 4.22. The second-order valence-electron chi connectivity index (χ2n) is 5.66. The molecule has 2 nitrogen and oxygen atoms in total. The van der Waals surface area contributed by atoms with Gasteiger partial charge in [-0.3, -0.25) is 0 Å². The van der Waals surface area contributed by atoms with Crippen LogP contribution < -0.4 is 5.32 Å². The van der Waals surface area contributed by atoms with Crippen LogP contribution in [0.25, 0.3) is 0 Å². The molecule has 1 saturated heterocycles. The molecule has 1 fully saturated rings. The van der Waals surface area contributed by atoms with Gasteiger partial charge in [-0.05, 0) is 64.4 Å². The van der Waals surface area contributed by atoms with Crippen molar-refractivity contribution in [3.63, 3.8) is 0 Å². The zero-order chi connectivity index (χ0) is 12.0. The van der Waals surface area contributed by atoms with Crippen LogP contribution in [0.5, 0.6) is 0 Å². The molecule has 1 aliphatic rings. The number of hydrogen-bond donors (Lipinski definition) is 2. The zero-order valence-corrected chi connectivity index (χ0v) is 11.8. The summed E-state index contributed by atoms with van der Waals surface area (Å²) in [7, 11) is 0. The second kappa shape index (κ2) is 6.87. The van der Waals surface area contributed by atoms with E-state index in [0.717, 1.165) is 18.9 Å². The van der Waals surface area contributed by atoms with Crippen LogP contribution in [0, 0.1) is 0 Å². The molecule has 96 valence electrons. The van der Waals surface area contributed by atoms with Gasteiger partial charge in [-0.15, -0.1) is 0 Å². The third kappa shape index (κ3) is 6.77. The standard InChI is InChI=1S/C13H27NOS/c1-11(5-4-8-13(2,3)15)14-12-6-9-16-10-7-12/h11-12,14-15H,4-10H2,1-3H3/t11-/m1/s1. The van der Waals surface area contributed by atoms with Gasteiger partial charge in [0.1, 0.15) is 0 Å². The molecule has 0 aromatic rings. The van der Waals surface area contributed by atoms with Crippen molar-refractivity contribution < 1.29 is 5.11 Å². The fraction of sp³-hybridized carbons (Fsp3) is 1.00. The summed E-state index contributed by atoms with van der Waals surface area (Å²) in [6.45, 7) is 6.05. The van der Waals surface area contributed by atoms with E-state index in [-0.39, 0.29) is 0 Å². The Morgan fingerprint density at radius 2 is 2.00 bits per heavy atom. The Balaban J connectivity index is 2.08. The topological polar surface area (TPSA) is 32.3 Å². The van der Waals surface area contributed by atoms with Crippen molar-refractivity contribution in [1.29, 1.82) is 0 Å². The highest BCUT2D eigenvalue weighted by Crippen LogP contribution is 2.18. The highest BCUT2D eigenvalue weighted by molar-refractivity contribution is 7.99. The molecule has 0 spiro atoms. The van der Waals surface area contributed by atoms with Crippen molar-refractivity contribution in [3.8, 4) is 0 Å². The normalized spacial score (nSPS) is 21.0. The molecule has 0 bridgehead atoms. The molecular formula is C13H27NOS. The highest BCUT2D eigenvalue weighted by Gasteiger charge is 2.17. The van der Waals surface area contributed by atoms with Gasteiger partial charge in [0, 0.05) is 12.1 Å². The molecule has 1 atom stereocenters. The minimum absolute atomic E-state index is 0.499. The van der Waals surface area contributed by atoms with E-state index in [1.165, 1.54) is 30.8 Å². The number of rotatable bonds is 6. The molecule has 16 heavy (non-hydrogen) atoms. The Labute approximate surface area is 105 Å². The first-order valence-electron chi connectivity index (χ1n) is 6.53. The average Bonchev–Trinajstić information content (AvgIpc) is 2.17. The molecular weight excluding hydrogens is 218 g/mol. The van der Waals surface area contributed by atoms with Gasteiger partial charge < -0.3 is 10.4 Å². The summed E-state index contributed by atoms with van der Waals surface area (Å²) in [5, 5.41) is 13.3. The molecule has 3 heteroatoms. The Morgan fingerprint density at radius 3 is 2.56 bits per heavy atom. The van der Waals surface area contributed by atoms with Crippen LogP contribution in [0.1, 0.15) is 52.9 Å². The van der Waals surface area contributed by atoms with Crippen LogP contribution in [0.4, 0.5) is 0 Å². The van der Waals surface area contributed by atoms with Crippen molar-refractivity contribution >= 4 is 11.8 Å². The maximum Gasteiger partial charge on any atom is 0.0591 e. The van der Waals surface area contributed by atoms with Gasteiger partial charge in [-0.2, -0.15) is 11.8 Å². The Bertz CT molecular complexity index is 185. The maximum atomic E-state index is 9.63. The zero-order valence-electron chi connectivity index (χ0n) is 11.0. The van der Waals surface area contributed by atoms with Gasteiger partial charge in [-0.1, -0.05) is 0 Å². The summed E-state index contributed by atoms with van der Waals surface area (Å²) in [5.74, 6) is 2.63. The first-order chi connectivity index (χ1) is 7.47. The number of thioether (sulfide) groups is 1. The van der Waals surface area contributed by atoms with Crippen LogP contribution in [-0.2, 0) is 0 Å². The monoisotopic (exact) mass is 245 g/mol. The van der Waals surface area contributed by atoms with Gasteiger partial charge in [0.2, 0.25) is 0 Å². The second-order valence-corrected chi connectivity index (χ2v) is 6.88. The average molecular weight is 245 g/mol. The summed E-state index contributed by atoms with van der Waals surface area (Å²) in [5.41, 5.74) is -0.499. The fourth-order valence-corrected chi connectivity index (χ4v) is 3.30. The van der Waals surface area contributed by atoms with E-state index < -0.39 is 5.60 Å². The van der Waals surface area contributed by atoms with Crippen LogP contribution in [0.15, 0.2) is 0 Å². The van der Waals surface area contributed by atoms with E-state index >= 15 is 0 Å². The Kier molecular flexibility index (Phi) is 6.16. The molecule has 0 saturated carbocycles. The number of aliphatic hydroxyl groups is 1. The van der Waals surface area contributed by atoms with Crippen LogP contribution >= 0.6 is 11.8 Å². The first-order valence-corrected chi connectivity index (χ1v) is 7.69. The highest BCUT2D eigenvalue weighted by atomic mass is 32.2. The van der Waals surface area contributed by atoms with Gasteiger partial charge in [0.25, 0.3) is 0 Å². The molecule has 1 heterocycles. The third-order valence-electron chi connectivity index (χ3n) is 3.17. The number of nitrogens with one attached hydrogen (secondary N) is 1. The summed E-state index contributed by atoms with van der Waals surface area (Å²) >= 11 is 2.07. The Morgan fingerprint density at radius 1 is 1.38 bits per heavy atom. The molecule has 1 aliphatic heterocycles. The quantitative estimate of drug-likeness (QED) is 0.755. The largest absolute Gasteiger partial charge is 0.390 e. The maximum absolute atomic E-state index is 9.63. The SMILES string of the molecule is C[C@H](CCCC(C)(C)O)NC1CCSCC1. The summed E-state index contributed by atoms with van der Waals surface area (Å²) in [6.07, 6.45) is 5.83. The lowest BCUT2D eigenvalue weighted by atomic mass is 9.99. The van der Waals surface area contributed by atoms with Crippen LogP contribution in [0.2, 0.25) is 0 Å². The molecule has 0 radical (unpaired) electrons. The molecule has 0 aliphatic carbocycles. The van der Waals surface area contributed by atoms with Crippen LogP contribution in [0.3, 0.4) is 0 Å². The van der Waals surface area contributed by atoms with E-state index in [1.54, 1.807) is 0 Å². The summed E-state index contributed by atoms with van der Waals surface area (Å²) in [4.78, 5) is 0. The van der Waals surface area contributed by atoms with Crippen molar-refractivity contribution in [3.05, 3.63) is 0 Å². The van der Waals surface area contributed by atoms with E-state index in [9.17, 15) is 5.11 Å². The molecule has 2 N–H and O–H groups in total. The predicted molar refractivity (Wildman–Crippen MR) is 73.1 cm³/mol.